The first-order valence-electron chi connectivity index (χ1n) is 11.3. The van der Waals surface area contributed by atoms with E-state index in [1.807, 2.05) is 30.3 Å². The Balaban J connectivity index is 1.70. The van der Waals surface area contributed by atoms with Crippen molar-refractivity contribution in [2.75, 3.05) is 12.0 Å². The summed E-state index contributed by atoms with van der Waals surface area (Å²) in [7, 11) is -2.43. The van der Waals surface area contributed by atoms with E-state index >= 15 is 0 Å². The molecule has 37 heavy (non-hydrogen) atoms. The molecule has 0 bridgehead atoms. The van der Waals surface area contributed by atoms with Gasteiger partial charge in [-0.3, -0.25) is 14.5 Å². The molecule has 1 aliphatic heterocycles. The summed E-state index contributed by atoms with van der Waals surface area (Å²) in [5.41, 5.74) is 1.13. The molecule has 1 heterocycles. The number of ketones is 1. The molecule has 1 amide bonds. The van der Waals surface area contributed by atoms with Crippen LogP contribution in [0, 0.1) is 0 Å². The molecule has 1 fully saturated rings. The summed E-state index contributed by atoms with van der Waals surface area (Å²) in [6.45, 7) is 0. The van der Waals surface area contributed by atoms with E-state index in [1.165, 1.54) is 36.3 Å². The standard InChI is InChI=1S/C28H22N2O6S/c1-36-22-12-8-18(9-13-22)25-24(26(31)20-7-6-17-4-2-3-5-19(17)16-20)27(32)28(33)30(25)21-10-14-23(15-11-21)37(29,34)35/h2-16,25,31H,1H3,(H2,29,34,35)/b26-24-. The number of primary sulfonamides is 1. The Morgan fingerprint density at radius 1 is 0.892 bits per heavy atom. The largest absolute Gasteiger partial charge is 0.507 e. The van der Waals surface area contributed by atoms with Crippen molar-refractivity contribution in [2.24, 2.45) is 5.14 Å². The van der Waals surface area contributed by atoms with Crippen molar-refractivity contribution >= 4 is 43.9 Å². The Kier molecular flexibility index (Phi) is 6.02. The van der Waals surface area contributed by atoms with Gasteiger partial charge in [0.1, 0.15) is 11.5 Å². The fourth-order valence-electron chi connectivity index (χ4n) is 4.49. The van der Waals surface area contributed by atoms with E-state index < -0.39 is 27.8 Å². The summed E-state index contributed by atoms with van der Waals surface area (Å²) < 4.78 is 28.7. The zero-order chi connectivity index (χ0) is 26.3. The van der Waals surface area contributed by atoms with Crippen molar-refractivity contribution in [3.63, 3.8) is 0 Å². The van der Waals surface area contributed by atoms with Gasteiger partial charge in [0.25, 0.3) is 11.7 Å². The minimum Gasteiger partial charge on any atom is -0.507 e. The number of amides is 1. The molecule has 5 rings (SSSR count). The molecular weight excluding hydrogens is 492 g/mol. The van der Waals surface area contributed by atoms with Gasteiger partial charge >= 0.3 is 0 Å². The minimum absolute atomic E-state index is 0.0824. The molecular formula is C28H22N2O6S. The van der Waals surface area contributed by atoms with E-state index in [4.69, 9.17) is 9.88 Å². The number of benzene rings is 4. The van der Waals surface area contributed by atoms with Crippen LogP contribution in [0.3, 0.4) is 0 Å². The van der Waals surface area contributed by atoms with E-state index in [0.29, 0.717) is 16.9 Å². The van der Waals surface area contributed by atoms with Gasteiger partial charge in [0.2, 0.25) is 10.0 Å². The number of nitrogens with two attached hydrogens (primary N) is 1. The van der Waals surface area contributed by atoms with Crippen LogP contribution in [0.2, 0.25) is 0 Å². The summed E-state index contributed by atoms with van der Waals surface area (Å²) in [6, 6.07) is 24.0. The van der Waals surface area contributed by atoms with Crippen LogP contribution in [0.1, 0.15) is 17.2 Å². The van der Waals surface area contributed by atoms with Gasteiger partial charge in [-0.1, -0.05) is 48.5 Å². The minimum atomic E-state index is -3.95. The second-order valence-corrected chi connectivity index (χ2v) is 10.1. The maximum atomic E-state index is 13.4. The highest BCUT2D eigenvalue weighted by Gasteiger charge is 2.47. The second-order valence-electron chi connectivity index (χ2n) is 8.54. The second kappa shape index (κ2) is 9.20. The Morgan fingerprint density at radius 3 is 2.16 bits per heavy atom. The smallest absolute Gasteiger partial charge is 0.300 e. The Hall–Kier alpha value is -4.47. The zero-order valence-electron chi connectivity index (χ0n) is 19.7. The monoisotopic (exact) mass is 514 g/mol. The summed E-state index contributed by atoms with van der Waals surface area (Å²) >= 11 is 0. The normalized spacial score (nSPS) is 17.4. The molecule has 0 saturated carbocycles. The molecule has 1 atom stereocenters. The number of sulfonamides is 1. The van der Waals surface area contributed by atoms with Crippen LogP contribution in [0.25, 0.3) is 16.5 Å². The van der Waals surface area contributed by atoms with Crippen LogP contribution >= 0.6 is 0 Å². The fourth-order valence-corrected chi connectivity index (χ4v) is 5.00. The molecule has 4 aromatic rings. The van der Waals surface area contributed by atoms with Gasteiger partial charge in [0.15, 0.2) is 0 Å². The maximum Gasteiger partial charge on any atom is 0.300 e. The van der Waals surface area contributed by atoms with E-state index in [9.17, 15) is 23.1 Å². The Morgan fingerprint density at radius 2 is 1.54 bits per heavy atom. The molecule has 0 spiro atoms. The van der Waals surface area contributed by atoms with Gasteiger partial charge in [-0.2, -0.15) is 0 Å². The van der Waals surface area contributed by atoms with Crippen molar-refractivity contribution in [1.29, 1.82) is 0 Å². The van der Waals surface area contributed by atoms with Crippen molar-refractivity contribution in [3.8, 4) is 5.75 Å². The molecule has 1 unspecified atom stereocenters. The van der Waals surface area contributed by atoms with Crippen molar-refractivity contribution < 1.29 is 27.9 Å². The van der Waals surface area contributed by atoms with Gasteiger partial charge in [0, 0.05) is 11.3 Å². The average Bonchev–Trinajstić information content (AvgIpc) is 3.17. The number of carbonyl (C=O) groups excluding carboxylic acids is 2. The lowest BCUT2D eigenvalue weighted by Crippen LogP contribution is -2.29. The first-order chi connectivity index (χ1) is 17.7. The van der Waals surface area contributed by atoms with Crippen LogP contribution in [-0.2, 0) is 19.6 Å². The van der Waals surface area contributed by atoms with Crippen molar-refractivity contribution in [2.45, 2.75) is 10.9 Å². The molecule has 0 radical (unpaired) electrons. The summed E-state index contributed by atoms with van der Waals surface area (Å²) in [6.07, 6.45) is 0. The molecule has 4 aromatic carbocycles. The number of aliphatic hydroxyl groups excluding tert-OH is 1. The van der Waals surface area contributed by atoms with Crippen LogP contribution < -0.4 is 14.8 Å². The third kappa shape index (κ3) is 4.35. The van der Waals surface area contributed by atoms with Crippen molar-refractivity contribution in [3.05, 3.63) is 108 Å². The number of ether oxygens (including phenoxy) is 1. The lowest BCUT2D eigenvalue weighted by Gasteiger charge is -2.25. The molecule has 8 nitrogen and oxygen atoms in total. The summed E-state index contributed by atoms with van der Waals surface area (Å²) in [5, 5.41) is 18.4. The molecule has 186 valence electrons. The zero-order valence-corrected chi connectivity index (χ0v) is 20.5. The first kappa shape index (κ1) is 24.2. The topological polar surface area (TPSA) is 127 Å². The molecule has 3 N–H and O–H groups in total. The predicted octanol–water partition coefficient (Wildman–Crippen LogP) is 4.12. The van der Waals surface area contributed by atoms with Crippen molar-refractivity contribution in [1.82, 2.24) is 0 Å². The quantitative estimate of drug-likeness (QED) is 0.234. The number of carbonyl (C=O) groups is 2. The van der Waals surface area contributed by atoms with Gasteiger partial charge in [-0.15, -0.1) is 0 Å². The number of hydrogen-bond donors (Lipinski definition) is 2. The van der Waals surface area contributed by atoms with E-state index in [0.717, 1.165) is 10.8 Å². The number of fused-ring (bicyclic) bond motifs is 1. The van der Waals surface area contributed by atoms with E-state index in [1.54, 1.807) is 36.4 Å². The van der Waals surface area contributed by atoms with E-state index in [-0.39, 0.29) is 21.9 Å². The van der Waals surface area contributed by atoms with Gasteiger partial charge < -0.3 is 9.84 Å². The van der Waals surface area contributed by atoms with Crippen LogP contribution in [0.5, 0.6) is 5.75 Å². The highest BCUT2D eigenvalue weighted by atomic mass is 32.2. The number of methoxy groups -OCH3 is 1. The number of nitrogens with zero attached hydrogens (tertiary/aromatic N) is 1. The van der Waals surface area contributed by atoms with E-state index in [2.05, 4.69) is 0 Å². The Labute approximate surface area is 213 Å². The lowest BCUT2D eigenvalue weighted by molar-refractivity contribution is -0.132. The van der Waals surface area contributed by atoms with Crippen LogP contribution in [0.4, 0.5) is 5.69 Å². The highest BCUT2D eigenvalue weighted by molar-refractivity contribution is 7.89. The third-order valence-electron chi connectivity index (χ3n) is 6.34. The third-order valence-corrected chi connectivity index (χ3v) is 7.27. The number of Topliss-reactive ketones (excluding diaryl/α,β-unsaturated/α-hetero) is 1. The SMILES string of the molecule is COc1ccc(C2/C(=C(/O)c3ccc4ccccc4c3)C(=O)C(=O)N2c2ccc(S(N)(=O)=O)cc2)cc1. The van der Waals surface area contributed by atoms with Gasteiger partial charge in [-0.05, 0) is 58.8 Å². The van der Waals surface area contributed by atoms with Gasteiger partial charge in [-0.25, -0.2) is 13.6 Å². The molecule has 1 saturated heterocycles. The molecule has 0 aromatic heterocycles. The number of rotatable bonds is 5. The summed E-state index contributed by atoms with van der Waals surface area (Å²) in [5.74, 6) is -1.45. The van der Waals surface area contributed by atoms with Gasteiger partial charge in [0.05, 0.1) is 23.6 Å². The number of hydrogen-bond acceptors (Lipinski definition) is 6. The maximum absolute atomic E-state index is 13.4. The molecule has 0 aliphatic carbocycles. The first-order valence-corrected chi connectivity index (χ1v) is 12.8. The van der Waals surface area contributed by atoms with Crippen LogP contribution in [0.15, 0.2) is 101 Å². The number of anilines is 1. The summed E-state index contributed by atoms with van der Waals surface area (Å²) in [4.78, 5) is 27.8. The fraction of sp³-hybridized carbons (Fsp3) is 0.0714. The highest BCUT2D eigenvalue weighted by Crippen LogP contribution is 2.42. The predicted molar refractivity (Wildman–Crippen MR) is 140 cm³/mol. The number of aliphatic hydroxyl groups is 1. The Bertz CT molecular complexity index is 1680. The average molecular weight is 515 g/mol. The van der Waals surface area contributed by atoms with Crippen LogP contribution in [-0.4, -0.2) is 32.3 Å². The molecule has 1 aliphatic rings. The lowest BCUT2D eigenvalue weighted by atomic mass is 9.94. The molecule has 9 heteroatoms.